The largest absolute Gasteiger partial charge is 0.420 e. The summed E-state index contributed by atoms with van der Waals surface area (Å²) in [7, 11) is 0. The Bertz CT molecular complexity index is 426. The van der Waals surface area contributed by atoms with Crippen LogP contribution >= 0.6 is 0 Å². The van der Waals surface area contributed by atoms with Gasteiger partial charge in [-0.25, -0.2) is 10.6 Å². The van der Waals surface area contributed by atoms with Gasteiger partial charge in [-0.05, 0) is 19.8 Å². The molecule has 20 heavy (non-hydrogen) atoms. The average molecular weight is 296 g/mol. The van der Waals surface area contributed by atoms with Gasteiger partial charge in [0.05, 0.1) is 0 Å². The van der Waals surface area contributed by atoms with E-state index in [-0.39, 0.29) is 19.4 Å². The molecule has 10 heteroatoms. The number of carbonyl (C=O) groups is 3. The number of hydrogen-bond donors (Lipinski definition) is 3. The second kappa shape index (κ2) is 5.65. The standard InChI is InChI=1S/C10H15F3N4O3/c1-9(10(11,12)13)7(19)17(8(20)15-9)5-3-2-4-6(18)16-14/h2-5,14H2,1H3,(H,15,20)(H,16,18). The van der Waals surface area contributed by atoms with Crippen molar-refractivity contribution in [1.82, 2.24) is 15.6 Å². The maximum absolute atomic E-state index is 12.8. The fraction of sp³-hybridized carbons (Fsp3) is 0.700. The Balaban J connectivity index is 2.58. The number of nitrogens with two attached hydrogens (primary N) is 1. The Kier molecular flexibility index (Phi) is 4.58. The molecular formula is C10H15F3N4O3. The van der Waals surface area contributed by atoms with E-state index in [0.717, 1.165) is 0 Å². The van der Waals surface area contributed by atoms with Gasteiger partial charge >= 0.3 is 12.2 Å². The van der Waals surface area contributed by atoms with E-state index in [0.29, 0.717) is 18.2 Å². The Labute approximate surface area is 112 Å². The van der Waals surface area contributed by atoms with E-state index in [2.05, 4.69) is 0 Å². The molecule has 114 valence electrons. The number of hydrazine groups is 1. The predicted molar refractivity (Wildman–Crippen MR) is 60.9 cm³/mol. The van der Waals surface area contributed by atoms with Gasteiger partial charge in [0, 0.05) is 13.0 Å². The number of alkyl halides is 3. The number of rotatable bonds is 5. The maximum Gasteiger partial charge on any atom is 0.420 e. The van der Waals surface area contributed by atoms with Gasteiger partial charge < -0.3 is 5.32 Å². The van der Waals surface area contributed by atoms with Gasteiger partial charge in [-0.2, -0.15) is 13.2 Å². The first kappa shape index (κ1) is 16.2. The van der Waals surface area contributed by atoms with Crippen molar-refractivity contribution in [3.63, 3.8) is 0 Å². The van der Waals surface area contributed by atoms with Gasteiger partial charge in [0.15, 0.2) is 0 Å². The zero-order chi connectivity index (χ0) is 15.6. The summed E-state index contributed by atoms with van der Waals surface area (Å²) in [6.45, 7) is 0.434. The molecule has 4 N–H and O–H groups in total. The molecule has 1 unspecified atom stereocenters. The van der Waals surface area contributed by atoms with Crippen molar-refractivity contribution in [2.45, 2.75) is 37.9 Å². The molecule has 1 aliphatic rings. The molecule has 1 rings (SSSR count). The highest BCUT2D eigenvalue weighted by molar-refractivity contribution is 6.07. The molecule has 0 saturated carbocycles. The SMILES string of the molecule is CC1(C(F)(F)F)NC(=O)N(CCCCC(=O)NN)C1=O. The molecule has 1 aliphatic heterocycles. The monoisotopic (exact) mass is 296 g/mol. The number of halogens is 3. The first-order chi connectivity index (χ1) is 9.13. The molecule has 0 spiro atoms. The van der Waals surface area contributed by atoms with Gasteiger partial charge in [0.1, 0.15) is 0 Å². The van der Waals surface area contributed by atoms with E-state index in [9.17, 15) is 27.6 Å². The van der Waals surface area contributed by atoms with Crippen molar-refractivity contribution >= 4 is 17.8 Å². The molecule has 0 bridgehead atoms. The van der Waals surface area contributed by atoms with Gasteiger partial charge in [-0.3, -0.25) is 19.9 Å². The second-order valence-corrected chi connectivity index (χ2v) is 4.53. The minimum Gasteiger partial charge on any atom is -0.316 e. The number of nitrogens with zero attached hydrogens (tertiary/aromatic N) is 1. The minimum atomic E-state index is -4.87. The van der Waals surface area contributed by atoms with Gasteiger partial charge in [-0.15, -0.1) is 0 Å². The lowest BCUT2D eigenvalue weighted by Gasteiger charge is -2.24. The van der Waals surface area contributed by atoms with Gasteiger partial charge in [0.25, 0.3) is 5.91 Å². The first-order valence-corrected chi connectivity index (χ1v) is 5.83. The Hall–Kier alpha value is -1.84. The van der Waals surface area contributed by atoms with Crippen LogP contribution in [0.25, 0.3) is 0 Å². The molecule has 4 amide bonds. The van der Waals surface area contributed by atoms with Crippen LogP contribution in [0, 0.1) is 0 Å². The van der Waals surface area contributed by atoms with Crippen LogP contribution in [0.1, 0.15) is 26.2 Å². The zero-order valence-electron chi connectivity index (χ0n) is 10.7. The smallest absolute Gasteiger partial charge is 0.316 e. The Morgan fingerprint density at radius 2 is 2.00 bits per heavy atom. The van der Waals surface area contributed by atoms with Crippen molar-refractivity contribution in [3.05, 3.63) is 0 Å². The molecule has 1 fully saturated rings. The number of nitrogens with one attached hydrogen (secondary N) is 2. The summed E-state index contributed by atoms with van der Waals surface area (Å²) in [4.78, 5) is 34.5. The van der Waals surface area contributed by atoms with Gasteiger partial charge in [-0.1, -0.05) is 0 Å². The van der Waals surface area contributed by atoms with Crippen LogP contribution in [0.2, 0.25) is 0 Å². The quantitative estimate of drug-likeness (QED) is 0.219. The van der Waals surface area contributed by atoms with Crippen molar-refractivity contribution in [2.24, 2.45) is 5.84 Å². The molecule has 7 nitrogen and oxygen atoms in total. The molecule has 1 heterocycles. The highest BCUT2D eigenvalue weighted by Crippen LogP contribution is 2.35. The first-order valence-electron chi connectivity index (χ1n) is 5.83. The lowest BCUT2D eigenvalue weighted by atomic mass is 10.0. The van der Waals surface area contributed by atoms with E-state index in [1.165, 1.54) is 0 Å². The maximum atomic E-state index is 12.8. The molecule has 0 aromatic rings. The number of urea groups is 1. The van der Waals surface area contributed by atoms with Crippen molar-refractivity contribution in [1.29, 1.82) is 0 Å². The molecule has 1 atom stereocenters. The summed E-state index contributed by atoms with van der Waals surface area (Å²) in [5, 5.41) is 1.64. The summed E-state index contributed by atoms with van der Waals surface area (Å²) in [5.41, 5.74) is -0.994. The van der Waals surface area contributed by atoms with Crippen LogP contribution in [-0.2, 0) is 9.59 Å². The summed E-state index contributed by atoms with van der Waals surface area (Å²) in [6.07, 6.45) is -4.30. The van der Waals surface area contributed by atoms with E-state index < -0.39 is 29.6 Å². The number of unbranched alkanes of at least 4 members (excludes halogenated alkanes) is 1. The third-order valence-electron chi connectivity index (χ3n) is 3.04. The van der Waals surface area contributed by atoms with Crippen molar-refractivity contribution in [2.75, 3.05) is 6.54 Å². The molecule has 0 radical (unpaired) electrons. The van der Waals surface area contributed by atoms with Crippen molar-refractivity contribution < 1.29 is 27.6 Å². The summed E-state index contributed by atoms with van der Waals surface area (Å²) >= 11 is 0. The van der Waals surface area contributed by atoms with E-state index in [1.807, 2.05) is 5.43 Å². The van der Waals surface area contributed by atoms with E-state index in [4.69, 9.17) is 5.84 Å². The number of imide groups is 1. The highest BCUT2D eigenvalue weighted by Gasteiger charge is 2.64. The number of carbonyl (C=O) groups excluding carboxylic acids is 3. The predicted octanol–water partition coefficient (Wildman–Crippen LogP) is 0.0194. The highest BCUT2D eigenvalue weighted by atomic mass is 19.4. The number of amides is 4. The van der Waals surface area contributed by atoms with Crippen LogP contribution in [0.5, 0.6) is 0 Å². The third-order valence-corrected chi connectivity index (χ3v) is 3.04. The molecule has 0 aliphatic carbocycles. The molecule has 1 saturated heterocycles. The van der Waals surface area contributed by atoms with Crippen LogP contribution in [0.4, 0.5) is 18.0 Å². The fourth-order valence-corrected chi connectivity index (χ4v) is 1.72. The average Bonchev–Trinajstić information content (AvgIpc) is 2.57. The Morgan fingerprint density at radius 1 is 1.40 bits per heavy atom. The van der Waals surface area contributed by atoms with Crippen LogP contribution in [-0.4, -0.2) is 41.0 Å². The van der Waals surface area contributed by atoms with Crippen LogP contribution in [0.3, 0.4) is 0 Å². The normalized spacial score (nSPS) is 22.9. The zero-order valence-corrected chi connectivity index (χ0v) is 10.7. The summed E-state index contributed by atoms with van der Waals surface area (Å²) in [5.74, 6) is 3.09. The summed E-state index contributed by atoms with van der Waals surface area (Å²) < 4.78 is 38.3. The van der Waals surface area contributed by atoms with Crippen LogP contribution < -0.4 is 16.6 Å². The van der Waals surface area contributed by atoms with Crippen LogP contribution in [0.15, 0.2) is 0 Å². The summed E-state index contributed by atoms with van der Waals surface area (Å²) in [6, 6.07) is -1.09. The lowest BCUT2D eigenvalue weighted by Crippen LogP contribution is -2.56. The van der Waals surface area contributed by atoms with Gasteiger partial charge in [0.2, 0.25) is 11.4 Å². The topological polar surface area (TPSA) is 105 Å². The fourth-order valence-electron chi connectivity index (χ4n) is 1.72. The van der Waals surface area contributed by atoms with Crippen molar-refractivity contribution in [3.8, 4) is 0 Å². The second-order valence-electron chi connectivity index (χ2n) is 4.53. The third kappa shape index (κ3) is 3.00. The molecule has 0 aromatic heterocycles. The van der Waals surface area contributed by atoms with E-state index >= 15 is 0 Å². The number of hydrogen-bond acceptors (Lipinski definition) is 4. The Morgan fingerprint density at radius 3 is 2.45 bits per heavy atom. The lowest BCUT2D eigenvalue weighted by molar-refractivity contribution is -0.191. The minimum absolute atomic E-state index is 0.0662. The molecule has 0 aromatic carbocycles. The molecular weight excluding hydrogens is 281 g/mol. The van der Waals surface area contributed by atoms with E-state index in [1.54, 1.807) is 5.32 Å².